The van der Waals surface area contributed by atoms with Crippen LogP contribution >= 0.6 is 0 Å². The van der Waals surface area contributed by atoms with Gasteiger partial charge in [0.15, 0.2) is 6.10 Å². The van der Waals surface area contributed by atoms with E-state index in [1.165, 1.54) is 0 Å². The molecule has 0 aromatic heterocycles. The van der Waals surface area contributed by atoms with Crippen molar-refractivity contribution in [3.63, 3.8) is 0 Å². The lowest BCUT2D eigenvalue weighted by atomic mass is 9.95. The molecule has 0 aliphatic carbocycles. The zero-order chi connectivity index (χ0) is 20.3. The first-order valence-electron chi connectivity index (χ1n) is 8.86. The molecular weight excluding hydrogens is 360 g/mol. The van der Waals surface area contributed by atoms with Gasteiger partial charge in [0.25, 0.3) is 5.91 Å². The molecule has 0 radical (unpaired) electrons. The second kappa shape index (κ2) is 8.19. The third-order valence-corrected chi connectivity index (χ3v) is 4.75. The number of aliphatic hydroxyl groups excluding tert-OH is 1. The number of hydrogen-bond acceptors (Lipinski definition) is 6. The van der Waals surface area contributed by atoms with E-state index in [1.807, 2.05) is 6.07 Å². The molecule has 2 aromatic rings. The minimum absolute atomic E-state index is 0.135. The molecule has 1 amide bonds. The first kappa shape index (κ1) is 19.5. The van der Waals surface area contributed by atoms with Crippen molar-refractivity contribution in [1.82, 2.24) is 4.90 Å². The molecule has 0 spiro atoms. The van der Waals surface area contributed by atoms with Crippen LogP contribution < -0.4 is 14.2 Å². The van der Waals surface area contributed by atoms with Crippen molar-refractivity contribution in [2.45, 2.75) is 25.7 Å². The number of carbonyl (C=O) groups excluding carboxylic acids is 1. The Bertz CT molecular complexity index is 904. The van der Waals surface area contributed by atoms with Gasteiger partial charge >= 0.3 is 0 Å². The summed E-state index contributed by atoms with van der Waals surface area (Å²) in [6.45, 7) is 2.08. The fraction of sp³-hybridized carbons (Fsp3) is 0.333. The standard InChI is InChI=1S/C21H22N2O5/c1-13(28-15-6-4-14(10-22)5-7-15)21(25)23-11-16-18(26-2)8-9-19(27-3)20(16)17(24)12-23/h4-9,13,17,24H,11-12H2,1-3H3/t13-,17-/m1/s1. The maximum atomic E-state index is 12.9. The van der Waals surface area contributed by atoms with Crippen LogP contribution in [0.15, 0.2) is 36.4 Å². The molecule has 146 valence electrons. The minimum Gasteiger partial charge on any atom is -0.496 e. The molecule has 0 fully saturated rings. The molecule has 2 aromatic carbocycles. The highest BCUT2D eigenvalue weighted by molar-refractivity contribution is 5.81. The Morgan fingerprint density at radius 1 is 1.18 bits per heavy atom. The molecule has 7 nitrogen and oxygen atoms in total. The molecule has 1 heterocycles. The molecule has 1 aliphatic rings. The first-order valence-corrected chi connectivity index (χ1v) is 8.86. The van der Waals surface area contributed by atoms with Gasteiger partial charge in [0.1, 0.15) is 23.4 Å². The average Bonchev–Trinajstić information content (AvgIpc) is 2.72. The number of nitriles is 1. The lowest BCUT2D eigenvalue weighted by Crippen LogP contribution is -2.44. The fourth-order valence-corrected chi connectivity index (χ4v) is 3.36. The number of benzene rings is 2. The van der Waals surface area contributed by atoms with Crippen molar-refractivity contribution in [2.24, 2.45) is 0 Å². The van der Waals surface area contributed by atoms with Crippen LogP contribution in [0.2, 0.25) is 0 Å². The fourth-order valence-electron chi connectivity index (χ4n) is 3.36. The van der Waals surface area contributed by atoms with Crippen LogP contribution in [0.5, 0.6) is 17.2 Å². The monoisotopic (exact) mass is 382 g/mol. The van der Waals surface area contributed by atoms with E-state index < -0.39 is 12.2 Å². The first-order chi connectivity index (χ1) is 13.5. The van der Waals surface area contributed by atoms with E-state index >= 15 is 0 Å². The van der Waals surface area contributed by atoms with Crippen molar-refractivity contribution >= 4 is 5.91 Å². The largest absolute Gasteiger partial charge is 0.496 e. The smallest absolute Gasteiger partial charge is 0.263 e. The summed E-state index contributed by atoms with van der Waals surface area (Å²) >= 11 is 0. The summed E-state index contributed by atoms with van der Waals surface area (Å²) in [5.41, 5.74) is 1.88. The van der Waals surface area contributed by atoms with Crippen molar-refractivity contribution in [3.8, 4) is 23.3 Å². The summed E-state index contributed by atoms with van der Waals surface area (Å²) in [4.78, 5) is 14.4. The Morgan fingerprint density at radius 2 is 1.82 bits per heavy atom. The van der Waals surface area contributed by atoms with Gasteiger partial charge in [-0.1, -0.05) is 0 Å². The van der Waals surface area contributed by atoms with Crippen molar-refractivity contribution in [2.75, 3.05) is 20.8 Å². The summed E-state index contributed by atoms with van der Waals surface area (Å²) in [5, 5.41) is 19.5. The molecule has 0 saturated carbocycles. The maximum absolute atomic E-state index is 12.9. The van der Waals surface area contributed by atoms with E-state index in [1.54, 1.807) is 62.4 Å². The number of ether oxygens (including phenoxy) is 3. The minimum atomic E-state index is -0.889. The molecule has 3 rings (SSSR count). The summed E-state index contributed by atoms with van der Waals surface area (Å²) in [6, 6.07) is 12.1. The predicted molar refractivity (Wildman–Crippen MR) is 101 cm³/mol. The molecule has 2 atom stereocenters. The number of carbonyl (C=O) groups is 1. The van der Waals surface area contributed by atoms with E-state index in [4.69, 9.17) is 19.5 Å². The molecule has 0 unspecified atom stereocenters. The molecule has 1 aliphatic heterocycles. The number of fused-ring (bicyclic) bond motifs is 1. The number of β-amino-alcohol motifs (C(OH)–C–C–N with tert-alkyl or cyclic N) is 1. The topological polar surface area (TPSA) is 92.0 Å². The molecule has 0 saturated heterocycles. The highest BCUT2D eigenvalue weighted by Gasteiger charge is 2.34. The van der Waals surface area contributed by atoms with Gasteiger partial charge in [-0.3, -0.25) is 4.79 Å². The van der Waals surface area contributed by atoms with Crippen LogP contribution in [0.1, 0.15) is 29.7 Å². The quantitative estimate of drug-likeness (QED) is 0.854. The Morgan fingerprint density at radius 3 is 2.43 bits per heavy atom. The van der Waals surface area contributed by atoms with Crippen LogP contribution in [0.4, 0.5) is 0 Å². The Kier molecular flexibility index (Phi) is 5.71. The molecule has 1 N–H and O–H groups in total. The van der Waals surface area contributed by atoms with E-state index in [2.05, 4.69) is 0 Å². The summed E-state index contributed by atoms with van der Waals surface area (Å²) < 4.78 is 16.5. The third-order valence-electron chi connectivity index (χ3n) is 4.75. The average molecular weight is 382 g/mol. The highest BCUT2D eigenvalue weighted by atomic mass is 16.5. The number of amides is 1. The molecular formula is C21H22N2O5. The van der Waals surface area contributed by atoms with E-state index in [0.29, 0.717) is 28.4 Å². The normalized spacial score (nSPS) is 16.5. The van der Waals surface area contributed by atoms with Crippen molar-refractivity contribution in [3.05, 3.63) is 53.1 Å². The zero-order valence-electron chi connectivity index (χ0n) is 16.0. The summed E-state index contributed by atoms with van der Waals surface area (Å²) in [7, 11) is 3.09. The van der Waals surface area contributed by atoms with Crippen molar-refractivity contribution in [1.29, 1.82) is 5.26 Å². The third kappa shape index (κ3) is 3.73. The zero-order valence-corrected chi connectivity index (χ0v) is 16.0. The van der Waals surface area contributed by atoms with Crippen LogP contribution in [-0.4, -0.2) is 42.8 Å². The lowest BCUT2D eigenvalue weighted by molar-refractivity contribution is -0.140. The van der Waals surface area contributed by atoms with Gasteiger partial charge in [-0.05, 0) is 43.3 Å². The number of methoxy groups -OCH3 is 2. The number of nitrogens with zero attached hydrogens (tertiary/aromatic N) is 2. The SMILES string of the molecule is COc1ccc(OC)c2c1CN(C(=O)[C@@H](C)Oc1ccc(C#N)cc1)C[C@H]2O. The highest BCUT2D eigenvalue weighted by Crippen LogP contribution is 2.39. The van der Waals surface area contributed by atoms with Gasteiger partial charge in [-0.15, -0.1) is 0 Å². The van der Waals surface area contributed by atoms with Gasteiger partial charge in [-0.25, -0.2) is 0 Å². The van der Waals surface area contributed by atoms with Gasteiger partial charge < -0.3 is 24.2 Å². The summed E-state index contributed by atoms with van der Waals surface area (Å²) in [6.07, 6.45) is -1.64. The van der Waals surface area contributed by atoms with Crippen LogP contribution in [-0.2, 0) is 11.3 Å². The number of hydrogen-bond donors (Lipinski definition) is 1. The van der Waals surface area contributed by atoms with Crippen LogP contribution in [0.25, 0.3) is 0 Å². The maximum Gasteiger partial charge on any atom is 0.263 e. The lowest BCUT2D eigenvalue weighted by Gasteiger charge is -2.35. The van der Waals surface area contributed by atoms with Crippen molar-refractivity contribution < 1.29 is 24.1 Å². The van der Waals surface area contributed by atoms with Gasteiger partial charge in [-0.2, -0.15) is 5.26 Å². The van der Waals surface area contributed by atoms with Crippen LogP contribution in [0.3, 0.4) is 0 Å². The Hall–Kier alpha value is -3.24. The Balaban J connectivity index is 1.79. The van der Waals surface area contributed by atoms with E-state index in [-0.39, 0.29) is 19.0 Å². The van der Waals surface area contributed by atoms with Gasteiger partial charge in [0.05, 0.1) is 38.9 Å². The second-order valence-corrected chi connectivity index (χ2v) is 6.49. The van der Waals surface area contributed by atoms with Crippen LogP contribution in [0, 0.1) is 11.3 Å². The van der Waals surface area contributed by atoms with E-state index in [9.17, 15) is 9.90 Å². The van der Waals surface area contributed by atoms with Gasteiger partial charge in [0.2, 0.25) is 0 Å². The van der Waals surface area contributed by atoms with E-state index in [0.717, 1.165) is 5.56 Å². The van der Waals surface area contributed by atoms with Gasteiger partial charge in [0, 0.05) is 11.1 Å². The summed E-state index contributed by atoms with van der Waals surface area (Å²) in [5.74, 6) is 1.40. The number of aliphatic hydroxyl groups is 1. The molecule has 28 heavy (non-hydrogen) atoms. The Labute approximate surface area is 163 Å². The number of rotatable bonds is 5. The molecule has 0 bridgehead atoms. The second-order valence-electron chi connectivity index (χ2n) is 6.49. The molecule has 7 heteroatoms. The predicted octanol–water partition coefficient (Wildman–Crippen LogP) is 2.42.